The molecule has 2 unspecified atom stereocenters. The maximum absolute atomic E-state index is 14.0. The SMILES string of the molecule is COc1ccc(C(CC(=O)O)NC(=O)CN2C(=O)N(Cc3ccccc3)C(C)(c3ccc(C(=N)N)cc3)C2=O)cc1OC. The van der Waals surface area contributed by atoms with Crippen LogP contribution in [0.1, 0.15) is 41.6 Å². The summed E-state index contributed by atoms with van der Waals surface area (Å²) in [5, 5.41) is 19.9. The van der Waals surface area contributed by atoms with Crippen molar-refractivity contribution in [2.24, 2.45) is 5.73 Å². The Balaban J connectivity index is 1.64. The highest BCUT2D eigenvalue weighted by Crippen LogP contribution is 2.39. The van der Waals surface area contributed by atoms with Gasteiger partial charge in [0.25, 0.3) is 5.91 Å². The van der Waals surface area contributed by atoms with Crippen LogP contribution in [0.15, 0.2) is 72.8 Å². The summed E-state index contributed by atoms with van der Waals surface area (Å²) < 4.78 is 10.6. The van der Waals surface area contributed by atoms with Crippen molar-refractivity contribution < 1.29 is 33.8 Å². The van der Waals surface area contributed by atoms with Crippen LogP contribution in [0.3, 0.4) is 0 Å². The number of carbonyl (C=O) groups is 4. The second-order valence-electron chi connectivity index (χ2n) is 10.1. The predicted octanol–water partition coefficient (Wildman–Crippen LogP) is 3.00. The monoisotopic (exact) mass is 587 g/mol. The Morgan fingerprint density at radius 3 is 2.23 bits per heavy atom. The van der Waals surface area contributed by atoms with Crippen molar-refractivity contribution in [3.8, 4) is 11.5 Å². The second-order valence-corrected chi connectivity index (χ2v) is 10.1. The van der Waals surface area contributed by atoms with E-state index < -0.39 is 48.4 Å². The van der Waals surface area contributed by atoms with Crippen molar-refractivity contribution in [1.29, 1.82) is 5.41 Å². The third-order valence-electron chi connectivity index (χ3n) is 7.43. The molecule has 0 bridgehead atoms. The summed E-state index contributed by atoms with van der Waals surface area (Å²) in [6.07, 6.45) is -0.455. The van der Waals surface area contributed by atoms with Gasteiger partial charge in [-0.2, -0.15) is 0 Å². The fourth-order valence-corrected chi connectivity index (χ4v) is 5.07. The molecular weight excluding hydrogens is 554 g/mol. The molecule has 0 aliphatic carbocycles. The largest absolute Gasteiger partial charge is 0.493 e. The van der Waals surface area contributed by atoms with E-state index in [1.54, 1.807) is 49.4 Å². The molecule has 1 aliphatic rings. The molecule has 12 nitrogen and oxygen atoms in total. The molecule has 0 saturated carbocycles. The van der Waals surface area contributed by atoms with Crippen molar-refractivity contribution in [1.82, 2.24) is 15.1 Å². The number of nitrogens with one attached hydrogen (secondary N) is 2. The molecule has 1 saturated heterocycles. The van der Waals surface area contributed by atoms with Gasteiger partial charge in [-0.05, 0) is 35.7 Å². The maximum atomic E-state index is 14.0. The number of hydrogen-bond donors (Lipinski definition) is 4. The van der Waals surface area contributed by atoms with Crippen LogP contribution in [-0.4, -0.2) is 65.3 Å². The number of benzene rings is 3. The number of carboxylic acids is 1. The van der Waals surface area contributed by atoms with Crippen LogP contribution in [0.25, 0.3) is 0 Å². The van der Waals surface area contributed by atoms with Gasteiger partial charge in [0.05, 0.1) is 26.7 Å². The van der Waals surface area contributed by atoms with Crippen LogP contribution in [0, 0.1) is 5.41 Å². The van der Waals surface area contributed by atoms with Crippen LogP contribution in [0.2, 0.25) is 0 Å². The van der Waals surface area contributed by atoms with E-state index >= 15 is 0 Å². The van der Waals surface area contributed by atoms with Crippen LogP contribution < -0.4 is 20.5 Å². The minimum absolute atomic E-state index is 0.0851. The number of urea groups is 1. The number of carbonyl (C=O) groups excluding carboxylic acids is 3. The number of aliphatic carboxylic acids is 1. The van der Waals surface area contributed by atoms with Gasteiger partial charge in [0, 0.05) is 12.1 Å². The number of amidine groups is 1. The molecule has 224 valence electrons. The number of ether oxygens (including phenoxy) is 2. The Hall–Kier alpha value is -5.39. The van der Waals surface area contributed by atoms with Gasteiger partial charge >= 0.3 is 12.0 Å². The molecular formula is C31H33N5O7. The average Bonchev–Trinajstić information content (AvgIpc) is 3.17. The quantitative estimate of drug-likeness (QED) is 0.142. The van der Waals surface area contributed by atoms with Gasteiger partial charge in [0.1, 0.15) is 17.9 Å². The van der Waals surface area contributed by atoms with E-state index in [4.69, 9.17) is 20.6 Å². The number of imide groups is 1. The summed E-state index contributed by atoms with van der Waals surface area (Å²) in [4.78, 5) is 55.0. The fraction of sp³-hybridized carbons (Fsp3) is 0.258. The highest BCUT2D eigenvalue weighted by atomic mass is 16.5. The third kappa shape index (κ3) is 6.27. The first-order valence-corrected chi connectivity index (χ1v) is 13.3. The van der Waals surface area contributed by atoms with Gasteiger partial charge in [0.15, 0.2) is 11.5 Å². The molecule has 3 aromatic carbocycles. The number of rotatable bonds is 12. The van der Waals surface area contributed by atoms with Crippen molar-refractivity contribution in [3.05, 3.63) is 95.1 Å². The lowest BCUT2D eigenvalue weighted by molar-refractivity contribution is -0.139. The van der Waals surface area contributed by atoms with Gasteiger partial charge in [-0.3, -0.25) is 24.7 Å². The molecule has 12 heteroatoms. The van der Waals surface area contributed by atoms with Crippen LogP contribution in [0.5, 0.6) is 11.5 Å². The summed E-state index contributed by atoms with van der Waals surface area (Å²) in [5.41, 5.74) is 6.26. The van der Waals surface area contributed by atoms with Crippen LogP contribution in [-0.2, 0) is 26.5 Å². The molecule has 1 fully saturated rings. The summed E-state index contributed by atoms with van der Waals surface area (Å²) in [5.74, 6) is -1.88. The molecule has 1 aliphatic heterocycles. The Morgan fingerprint density at radius 2 is 1.65 bits per heavy atom. The van der Waals surface area contributed by atoms with Gasteiger partial charge in [-0.25, -0.2) is 4.79 Å². The predicted molar refractivity (Wildman–Crippen MR) is 157 cm³/mol. The zero-order chi connectivity index (χ0) is 31.3. The van der Waals surface area contributed by atoms with Crippen molar-refractivity contribution in [3.63, 3.8) is 0 Å². The van der Waals surface area contributed by atoms with Crippen molar-refractivity contribution in [2.75, 3.05) is 20.8 Å². The Kier molecular flexibility index (Phi) is 8.98. The molecule has 0 spiro atoms. The Morgan fingerprint density at radius 1 is 1.00 bits per heavy atom. The van der Waals surface area contributed by atoms with E-state index in [9.17, 15) is 24.3 Å². The molecule has 5 N–H and O–H groups in total. The number of nitrogens with zero attached hydrogens (tertiary/aromatic N) is 2. The van der Waals surface area contributed by atoms with E-state index in [1.165, 1.54) is 19.1 Å². The first-order chi connectivity index (χ1) is 20.5. The molecule has 0 aromatic heterocycles. The number of nitrogen functional groups attached to an aromatic ring is 1. The summed E-state index contributed by atoms with van der Waals surface area (Å²) >= 11 is 0. The molecule has 4 rings (SSSR count). The van der Waals surface area contributed by atoms with Crippen LogP contribution >= 0.6 is 0 Å². The van der Waals surface area contributed by atoms with E-state index in [0.717, 1.165) is 10.5 Å². The number of carboxylic acid groups (broad SMARTS) is 1. The summed E-state index contributed by atoms with van der Waals surface area (Å²) in [6, 6.07) is 18.7. The molecule has 4 amide bonds. The van der Waals surface area contributed by atoms with E-state index in [1.807, 2.05) is 30.3 Å². The molecule has 0 radical (unpaired) electrons. The lowest BCUT2D eigenvalue weighted by Crippen LogP contribution is -2.44. The van der Waals surface area contributed by atoms with E-state index in [2.05, 4.69) is 5.32 Å². The normalized spacial score (nSPS) is 17.0. The average molecular weight is 588 g/mol. The lowest BCUT2D eigenvalue weighted by Gasteiger charge is -2.32. The topological polar surface area (TPSA) is 175 Å². The van der Waals surface area contributed by atoms with E-state index in [-0.39, 0.29) is 12.4 Å². The maximum Gasteiger partial charge on any atom is 0.328 e. The van der Waals surface area contributed by atoms with Gasteiger partial charge in [-0.15, -0.1) is 0 Å². The zero-order valence-corrected chi connectivity index (χ0v) is 24.0. The standard InChI is InChI=1S/C31H33N5O7/c1-31(22-12-9-20(10-13-22)28(32)33)29(40)35(30(41)36(31)17-19-7-5-4-6-8-19)18-26(37)34-23(16-27(38)39)21-11-14-24(42-2)25(15-21)43-3/h4-15,23H,16-18H2,1-3H3,(H3,32,33)(H,34,37)(H,38,39). The second kappa shape index (κ2) is 12.6. The van der Waals surface area contributed by atoms with Crippen molar-refractivity contribution in [2.45, 2.75) is 31.5 Å². The van der Waals surface area contributed by atoms with Crippen LogP contribution in [0.4, 0.5) is 4.79 Å². The highest BCUT2D eigenvalue weighted by molar-refractivity contribution is 6.09. The van der Waals surface area contributed by atoms with Gasteiger partial charge in [0.2, 0.25) is 5.91 Å². The lowest BCUT2D eigenvalue weighted by atomic mass is 9.89. The summed E-state index contributed by atoms with van der Waals surface area (Å²) in [7, 11) is 2.90. The number of amides is 4. The molecule has 3 aromatic rings. The van der Waals surface area contributed by atoms with Gasteiger partial charge in [-0.1, -0.05) is 60.7 Å². The third-order valence-corrected chi connectivity index (χ3v) is 7.43. The van der Waals surface area contributed by atoms with E-state index in [0.29, 0.717) is 28.2 Å². The minimum atomic E-state index is -1.48. The Labute approximate surface area is 248 Å². The van der Waals surface area contributed by atoms with Gasteiger partial charge < -0.3 is 30.5 Å². The number of methoxy groups -OCH3 is 2. The fourth-order valence-electron chi connectivity index (χ4n) is 5.07. The number of hydrogen-bond acceptors (Lipinski definition) is 7. The first kappa shape index (κ1) is 30.6. The molecule has 2 atom stereocenters. The smallest absolute Gasteiger partial charge is 0.328 e. The molecule has 1 heterocycles. The first-order valence-electron chi connectivity index (χ1n) is 13.3. The minimum Gasteiger partial charge on any atom is -0.493 e. The Bertz CT molecular complexity index is 1540. The molecule has 43 heavy (non-hydrogen) atoms. The number of nitrogens with two attached hydrogens (primary N) is 1. The van der Waals surface area contributed by atoms with Crippen molar-refractivity contribution >= 4 is 29.7 Å². The summed E-state index contributed by atoms with van der Waals surface area (Å²) in [6.45, 7) is 1.06. The highest BCUT2D eigenvalue weighted by Gasteiger charge is 2.55. The zero-order valence-electron chi connectivity index (χ0n) is 24.0.